The fraction of sp³-hybridized carbons (Fsp3) is 0.857. The molecule has 6 rings (SSSR count). The predicted octanol–water partition coefficient (Wildman–Crippen LogP) is 4.60. The van der Waals surface area contributed by atoms with Gasteiger partial charge in [0.15, 0.2) is 0 Å². The minimum absolute atomic E-state index is 0.0343. The van der Waals surface area contributed by atoms with Gasteiger partial charge in [0.05, 0.1) is 13.2 Å². The highest BCUT2D eigenvalue weighted by Crippen LogP contribution is 2.51. The molecule has 14 heteroatoms. The number of amides is 4. The lowest BCUT2D eigenvalue weighted by Gasteiger charge is -2.62. The van der Waals surface area contributed by atoms with E-state index in [-0.39, 0.29) is 42.0 Å². The van der Waals surface area contributed by atoms with Crippen molar-refractivity contribution < 1.29 is 42.9 Å². The normalized spacial score (nSPS) is 21.8. The fourth-order valence-corrected chi connectivity index (χ4v) is 7.41. The molecule has 3 saturated carbocycles. The van der Waals surface area contributed by atoms with Crippen LogP contribution in [0, 0.1) is 10.8 Å². The Balaban J connectivity index is 0.000000182. The lowest BCUT2D eigenvalue weighted by molar-refractivity contribution is -0.143. The van der Waals surface area contributed by atoms with Gasteiger partial charge in [-0.15, -0.1) is 0 Å². The highest BCUT2D eigenvalue weighted by molar-refractivity contribution is 5.87. The SMILES string of the molecule is CCN(CC)C(=O)OC1CCC1.CCOC(=O)N1CC2(CC(=O)C2)C1.CCOC(=O)N1CC2(CC(N3CC(OC(=O)N(CC)CC)C3)C2)C1. The molecule has 3 aliphatic carbocycles. The van der Waals surface area contributed by atoms with E-state index in [0.717, 1.165) is 65.0 Å². The molecule has 3 heterocycles. The summed E-state index contributed by atoms with van der Waals surface area (Å²) in [5, 5.41) is 0. The van der Waals surface area contributed by atoms with Crippen molar-refractivity contribution in [1.29, 1.82) is 0 Å². The third-order valence-corrected chi connectivity index (χ3v) is 10.7. The molecule has 0 aromatic carbocycles. The van der Waals surface area contributed by atoms with Crippen LogP contribution in [0.1, 0.15) is 86.5 Å². The number of hydrogen-bond acceptors (Lipinski definition) is 10. The van der Waals surface area contributed by atoms with E-state index < -0.39 is 0 Å². The number of likely N-dealkylation sites (tertiary alicyclic amines) is 3. The second-order valence-corrected chi connectivity index (χ2v) is 14.3. The monoisotopic (exact) mass is 693 g/mol. The van der Waals surface area contributed by atoms with E-state index in [9.17, 15) is 24.0 Å². The Morgan fingerprint density at radius 3 is 1.47 bits per heavy atom. The average molecular weight is 694 g/mol. The van der Waals surface area contributed by atoms with Crippen molar-refractivity contribution in [2.75, 3.05) is 78.7 Å². The maximum Gasteiger partial charge on any atom is 0.410 e. The Morgan fingerprint density at radius 1 is 0.673 bits per heavy atom. The maximum absolute atomic E-state index is 11.9. The summed E-state index contributed by atoms with van der Waals surface area (Å²) >= 11 is 0. The van der Waals surface area contributed by atoms with E-state index in [4.69, 9.17) is 18.9 Å². The van der Waals surface area contributed by atoms with Gasteiger partial charge in [0, 0.05) is 95.2 Å². The molecule has 6 aliphatic rings. The number of hydrogen-bond donors (Lipinski definition) is 0. The van der Waals surface area contributed by atoms with Crippen LogP contribution < -0.4 is 0 Å². The standard InChI is InChI=1S/C17H29N3O4.C9H13NO3.C9H17NO2/c1-4-18(5-2)16(22)24-14-9-19(10-14)13-7-17(8-13)11-20(12-17)15(21)23-6-3;1-2-13-8(12)10-5-9(6-10)3-7(11)4-9;1-3-10(4-2)9(11)12-8-6-5-7-8/h13-14H,4-12H2,1-3H3;2-6H2,1H3;8H,3-7H2,1-2H3. The number of rotatable bonds is 9. The fourth-order valence-electron chi connectivity index (χ4n) is 7.41. The van der Waals surface area contributed by atoms with Crippen molar-refractivity contribution in [3.05, 3.63) is 0 Å². The third-order valence-electron chi connectivity index (χ3n) is 10.7. The molecule has 14 nitrogen and oxygen atoms in total. The van der Waals surface area contributed by atoms with E-state index in [1.165, 1.54) is 6.42 Å². The van der Waals surface area contributed by atoms with E-state index in [1.54, 1.807) is 26.5 Å². The van der Waals surface area contributed by atoms with Gasteiger partial charge in [-0.05, 0) is 73.6 Å². The Bertz CT molecular complexity index is 1140. The maximum atomic E-state index is 11.9. The quantitative estimate of drug-likeness (QED) is 0.315. The predicted molar refractivity (Wildman–Crippen MR) is 181 cm³/mol. The molecule has 0 N–H and O–H groups in total. The summed E-state index contributed by atoms with van der Waals surface area (Å²) < 4.78 is 20.6. The van der Waals surface area contributed by atoms with Crippen LogP contribution >= 0.6 is 0 Å². The van der Waals surface area contributed by atoms with Gasteiger partial charge in [0.1, 0.15) is 18.0 Å². The van der Waals surface area contributed by atoms with Crippen molar-refractivity contribution in [2.24, 2.45) is 10.8 Å². The zero-order chi connectivity index (χ0) is 35.8. The number of nitrogens with zero attached hydrogens (tertiary/aromatic N) is 5. The highest BCUT2D eigenvalue weighted by Gasteiger charge is 2.57. The number of ether oxygens (including phenoxy) is 4. The van der Waals surface area contributed by atoms with Crippen LogP contribution in [0.5, 0.6) is 0 Å². The first kappa shape index (κ1) is 38.5. The molecule has 0 unspecified atom stereocenters. The van der Waals surface area contributed by atoms with Gasteiger partial charge in [-0.1, -0.05) is 0 Å². The van der Waals surface area contributed by atoms with Crippen LogP contribution in [0.15, 0.2) is 0 Å². The van der Waals surface area contributed by atoms with Gasteiger partial charge in [0.2, 0.25) is 0 Å². The van der Waals surface area contributed by atoms with Crippen molar-refractivity contribution >= 4 is 30.2 Å². The molecule has 3 saturated heterocycles. The van der Waals surface area contributed by atoms with E-state index in [0.29, 0.717) is 69.5 Å². The minimum atomic E-state index is -0.243. The van der Waals surface area contributed by atoms with Crippen LogP contribution in [-0.4, -0.2) is 152 Å². The molecule has 4 amide bonds. The topological polar surface area (TPSA) is 138 Å². The summed E-state index contributed by atoms with van der Waals surface area (Å²) in [6.07, 6.45) is 6.36. The Hall–Kier alpha value is -3.29. The van der Waals surface area contributed by atoms with Crippen molar-refractivity contribution in [3.8, 4) is 0 Å². The molecule has 3 aliphatic heterocycles. The highest BCUT2D eigenvalue weighted by atomic mass is 16.6. The summed E-state index contributed by atoms with van der Waals surface area (Å²) in [5.41, 5.74) is 0.463. The van der Waals surface area contributed by atoms with Gasteiger partial charge in [0.25, 0.3) is 0 Å². The van der Waals surface area contributed by atoms with Crippen molar-refractivity contribution in [3.63, 3.8) is 0 Å². The second kappa shape index (κ2) is 17.1. The third kappa shape index (κ3) is 9.49. The van der Waals surface area contributed by atoms with Gasteiger partial charge in [-0.25, -0.2) is 19.2 Å². The molecule has 278 valence electrons. The molecular weight excluding hydrogens is 634 g/mol. The molecule has 0 aromatic heterocycles. The molecule has 0 bridgehead atoms. The number of carbonyl (C=O) groups excluding carboxylic acids is 5. The lowest BCUT2D eigenvalue weighted by Crippen LogP contribution is -2.70. The molecule has 0 radical (unpaired) electrons. The molecular formula is C35H59N5O9. The van der Waals surface area contributed by atoms with E-state index in [2.05, 4.69) is 4.90 Å². The van der Waals surface area contributed by atoms with Crippen molar-refractivity contribution in [1.82, 2.24) is 24.5 Å². The Kier molecular flexibility index (Phi) is 13.4. The largest absolute Gasteiger partial charge is 0.450 e. The average Bonchev–Trinajstić information content (AvgIpc) is 2.95. The van der Waals surface area contributed by atoms with Gasteiger partial charge >= 0.3 is 24.4 Å². The van der Waals surface area contributed by atoms with Crippen LogP contribution in [-0.2, 0) is 23.7 Å². The van der Waals surface area contributed by atoms with Crippen LogP contribution in [0.3, 0.4) is 0 Å². The summed E-state index contributed by atoms with van der Waals surface area (Å²) in [4.78, 5) is 66.1. The first-order valence-electron chi connectivity index (χ1n) is 18.4. The van der Waals surface area contributed by atoms with E-state index >= 15 is 0 Å². The van der Waals surface area contributed by atoms with E-state index in [1.807, 2.05) is 34.6 Å². The Labute approximate surface area is 291 Å². The first-order valence-corrected chi connectivity index (χ1v) is 18.4. The number of ketones is 1. The number of carbonyl (C=O) groups is 5. The van der Waals surface area contributed by atoms with Crippen molar-refractivity contribution in [2.45, 2.75) is 105 Å². The van der Waals surface area contributed by atoms with Crippen LogP contribution in [0.4, 0.5) is 19.2 Å². The molecule has 6 fully saturated rings. The summed E-state index contributed by atoms with van der Waals surface area (Å²) in [7, 11) is 0. The number of Topliss-reactive ketones (excluding diaryl/α,β-unsaturated/α-hetero) is 1. The lowest BCUT2D eigenvalue weighted by atomic mass is 9.60. The summed E-state index contributed by atoms with van der Waals surface area (Å²) in [6.45, 7) is 19.9. The zero-order valence-electron chi connectivity index (χ0n) is 30.6. The first-order chi connectivity index (χ1) is 23.4. The summed E-state index contributed by atoms with van der Waals surface area (Å²) in [6, 6.07) is 0.581. The zero-order valence-corrected chi connectivity index (χ0v) is 30.6. The van der Waals surface area contributed by atoms with Crippen LogP contribution in [0.25, 0.3) is 0 Å². The summed E-state index contributed by atoms with van der Waals surface area (Å²) in [5.74, 6) is 0.323. The van der Waals surface area contributed by atoms with Gasteiger partial charge < -0.3 is 38.5 Å². The molecule has 2 spiro atoms. The van der Waals surface area contributed by atoms with Gasteiger partial charge in [-0.2, -0.15) is 0 Å². The Morgan fingerprint density at radius 2 is 1.10 bits per heavy atom. The van der Waals surface area contributed by atoms with Crippen LogP contribution in [0.2, 0.25) is 0 Å². The van der Waals surface area contributed by atoms with Gasteiger partial charge in [-0.3, -0.25) is 9.69 Å². The smallest absolute Gasteiger partial charge is 0.410 e. The minimum Gasteiger partial charge on any atom is -0.450 e. The second-order valence-electron chi connectivity index (χ2n) is 14.3. The molecule has 0 aromatic rings. The molecule has 0 atom stereocenters. The molecule has 49 heavy (non-hydrogen) atoms.